The number of nitrogens with one attached hydrogen (secondary N) is 1. The van der Waals surface area contributed by atoms with Crippen molar-refractivity contribution in [3.05, 3.63) is 87.9 Å². The molecule has 0 unspecified atom stereocenters. The van der Waals surface area contributed by atoms with E-state index in [-0.39, 0.29) is 0 Å². The van der Waals surface area contributed by atoms with Crippen LogP contribution in [-0.4, -0.2) is 20.8 Å². The van der Waals surface area contributed by atoms with Crippen LogP contribution in [0.5, 0.6) is 17.2 Å². The van der Waals surface area contributed by atoms with Gasteiger partial charge in [-0.25, -0.2) is 0 Å². The first-order chi connectivity index (χ1) is 14.6. The summed E-state index contributed by atoms with van der Waals surface area (Å²) >= 11 is 6.22. The molecule has 0 fully saturated rings. The van der Waals surface area contributed by atoms with Gasteiger partial charge in [0, 0.05) is 17.1 Å². The molecule has 3 aromatic rings. The smallest absolute Gasteiger partial charge is 0.160 e. The Morgan fingerprint density at radius 1 is 0.833 bits per heavy atom. The van der Waals surface area contributed by atoms with Crippen LogP contribution in [-0.2, 0) is 19.6 Å². The fourth-order valence-electron chi connectivity index (χ4n) is 3.28. The van der Waals surface area contributed by atoms with Gasteiger partial charge in [-0.15, -0.1) is 0 Å². The minimum absolute atomic E-state index is 0.530. The van der Waals surface area contributed by atoms with Crippen LogP contribution in [0.3, 0.4) is 0 Å². The maximum atomic E-state index is 6.22. The fraction of sp³-hybridized carbons (Fsp3) is 0.280. The Hall–Kier alpha value is -2.69. The van der Waals surface area contributed by atoms with Crippen molar-refractivity contribution in [1.29, 1.82) is 0 Å². The molecule has 0 amide bonds. The third kappa shape index (κ3) is 6.15. The molecule has 4 nitrogen and oxygen atoms in total. The summed E-state index contributed by atoms with van der Waals surface area (Å²) in [5.41, 5.74) is 4.60. The summed E-state index contributed by atoms with van der Waals surface area (Å²) in [5, 5.41) is 4.18. The summed E-state index contributed by atoms with van der Waals surface area (Å²) in [6.45, 7) is 4.11. The molecule has 0 aliphatic carbocycles. The maximum Gasteiger partial charge on any atom is 0.160 e. The van der Waals surface area contributed by atoms with E-state index in [0.29, 0.717) is 18.2 Å². The lowest BCUT2D eigenvalue weighted by Crippen LogP contribution is -2.17. The summed E-state index contributed by atoms with van der Waals surface area (Å²) in [5.74, 6) is 2.33. The molecule has 0 aliphatic rings. The summed E-state index contributed by atoms with van der Waals surface area (Å²) in [6, 6.07) is 20.1. The number of rotatable bonds is 10. The molecule has 158 valence electrons. The van der Waals surface area contributed by atoms with Gasteiger partial charge in [0.2, 0.25) is 0 Å². The zero-order chi connectivity index (χ0) is 21.3. The summed E-state index contributed by atoms with van der Waals surface area (Å²) < 4.78 is 16.7. The van der Waals surface area contributed by atoms with Crippen molar-refractivity contribution >= 4 is 11.6 Å². The van der Waals surface area contributed by atoms with Crippen LogP contribution in [0.25, 0.3) is 0 Å². The molecule has 0 aliphatic heterocycles. The lowest BCUT2D eigenvalue weighted by molar-refractivity contribution is 0.302. The Balaban J connectivity index is 1.56. The van der Waals surface area contributed by atoms with E-state index >= 15 is 0 Å². The second kappa shape index (κ2) is 10.9. The number of methoxy groups -OCH3 is 2. The van der Waals surface area contributed by atoms with Crippen molar-refractivity contribution in [3.63, 3.8) is 0 Å². The van der Waals surface area contributed by atoms with Gasteiger partial charge in [-0.3, -0.25) is 0 Å². The largest absolute Gasteiger partial charge is 0.493 e. The van der Waals surface area contributed by atoms with Crippen molar-refractivity contribution in [2.24, 2.45) is 0 Å². The summed E-state index contributed by atoms with van der Waals surface area (Å²) in [6.07, 6.45) is 0.875. The van der Waals surface area contributed by atoms with Crippen LogP contribution < -0.4 is 19.5 Å². The first-order valence-corrected chi connectivity index (χ1v) is 10.3. The number of aryl methyl sites for hydroxylation is 1. The van der Waals surface area contributed by atoms with E-state index in [4.69, 9.17) is 25.8 Å². The Kier molecular flexibility index (Phi) is 8.00. The predicted molar refractivity (Wildman–Crippen MR) is 122 cm³/mol. The zero-order valence-corrected chi connectivity index (χ0v) is 18.5. The number of ether oxygens (including phenoxy) is 3. The molecular formula is C25H28ClNO3. The van der Waals surface area contributed by atoms with Gasteiger partial charge < -0.3 is 19.5 Å². The Morgan fingerprint density at radius 2 is 1.63 bits per heavy atom. The van der Waals surface area contributed by atoms with Crippen LogP contribution in [0.4, 0.5) is 0 Å². The maximum absolute atomic E-state index is 6.22. The van der Waals surface area contributed by atoms with Crippen LogP contribution in [0.15, 0.2) is 60.7 Å². The highest BCUT2D eigenvalue weighted by atomic mass is 35.5. The van der Waals surface area contributed by atoms with Gasteiger partial charge in [-0.1, -0.05) is 47.5 Å². The molecule has 0 aromatic heterocycles. The van der Waals surface area contributed by atoms with E-state index in [9.17, 15) is 0 Å². The van der Waals surface area contributed by atoms with Gasteiger partial charge in [0.1, 0.15) is 12.4 Å². The SMILES string of the molecule is COc1ccc(CCNCc2cc(Cl)ccc2OCc2cccc(C)c2)cc1OC. The van der Waals surface area contributed by atoms with E-state index < -0.39 is 0 Å². The Morgan fingerprint density at radius 3 is 2.40 bits per heavy atom. The lowest BCUT2D eigenvalue weighted by atomic mass is 10.1. The van der Waals surface area contributed by atoms with E-state index in [0.717, 1.165) is 41.3 Å². The Bertz CT molecular complexity index is 974. The van der Waals surface area contributed by atoms with Gasteiger partial charge in [0.25, 0.3) is 0 Å². The molecule has 3 rings (SSSR count). The number of benzene rings is 3. The van der Waals surface area contributed by atoms with Crippen LogP contribution >= 0.6 is 11.6 Å². The minimum atomic E-state index is 0.530. The first kappa shape index (κ1) is 22.0. The average Bonchev–Trinajstić information content (AvgIpc) is 2.76. The fourth-order valence-corrected chi connectivity index (χ4v) is 3.48. The van der Waals surface area contributed by atoms with Crippen molar-refractivity contribution in [3.8, 4) is 17.2 Å². The highest BCUT2D eigenvalue weighted by molar-refractivity contribution is 6.30. The third-order valence-electron chi connectivity index (χ3n) is 4.85. The highest BCUT2D eigenvalue weighted by Gasteiger charge is 2.07. The molecular weight excluding hydrogens is 398 g/mol. The molecule has 0 atom stereocenters. The normalized spacial score (nSPS) is 10.7. The lowest BCUT2D eigenvalue weighted by Gasteiger charge is -2.14. The van der Waals surface area contributed by atoms with Crippen LogP contribution in [0.2, 0.25) is 5.02 Å². The van der Waals surface area contributed by atoms with Gasteiger partial charge in [0.15, 0.2) is 11.5 Å². The third-order valence-corrected chi connectivity index (χ3v) is 5.09. The van der Waals surface area contributed by atoms with Crippen molar-refractivity contribution in [1.82, 2.24) is 5.32 Å². The number of hydrogen-bond donors (Lipinski definition) is 1. The molecule has 3 aromatic carbocycles. The zero-order valence-electron chi connectivity index (χ0n) is 17.7. The molecule has 0 spiro atoms. The summed E-state index contributed by atoms with van der Waals surface area (Å²) in [4.78, 5) is 0. The van der Waals surface area contributed by atoms with E-state index in [1.165, 1.54) is 11.1 Å². The minimum Gasteiger partial charge on any atom is -0.493 e. The topological polar surface area (TPSA) is 39.7 Å². The molecule has 0 saturated carbocycles. The van der Waals surface area contributed by atoms with Crippen molar-refractivity contribution < 1.29 is 14.2 Å². The average molecular weight is 426 g/mol. The predicted octanol–water partition coefficient (Wildman–Crippen LogP) is 5.58. The van der Waals surface area contributed by atoms with Gasteiger partial charge >= 0.3 is 0 Å². The molecule has 30 heavy (non-hydrogen) atoms. The van der Waals surface area contributed by atoms with Crippen molar-refractivity contribution in [2.45, 2.75) is 26.5 Å². The van der Waals surface area contributed by atoms with Crippen LogP contribution in [0, 0.1) is 6.92 Å². The van der Waals surface area contributed by atoms with E-state index in [1.54, 1.807) is 14.2 Å². The standard InChI is InChI=1S/C25H28ClNO3/c1-18-5-4-6-20(13-18)17-30-23-10-8-22(26)15-21(23)16-27-12-11-19-7-9-24(28-2)25(14-19)29-3/h4-10,13-15,27H,11-12,16-17H2,1-3H3. The summed E-state index contributed by atoms with van der Waals surface area (Å²) in [7, 11) is 3.29. The Labute approximate surface area is 183 Å². The van der Waals surface area contributed by atoms with Gasteiger partial charge in [-0.2, -0.15) is 0 Å². The highest BCUT2D eigenvalue weighted by Crippen LogP contribution is 2.28. The first-order valence-electron chi connectivity index (χ1n) is 9.97. The number of halogens is 1. The molecule has 0 saturated heterocycles. The quantitative estimate of drug-likeness (QED) is 0.430. The van der Waals surface area contributed by atoms with Crippen LogP contribution in [0.1, 0.15) is 22.3 Å². The van der Waals surface area contributed by atoms with Crippen molar-refractivity contribution in [2.75, 3.05) is 20.8 Å². The molecule has 0 radical (unpaired) electrons. The van der Waals surface area contributed by atoms with E-state index in [2.05, 4.69) is 36.5 Å². The monoisotopic (exact) mass is 425 g/mol. The molecule has 5 heteroatoms. The second-order valence-electron chi connectivity index (χ2n) is 7.15. The number of hydrogen-bond acceptors (Lipinski definition) is 4. The molecule has 0 bridgehead atoms. The van der Waals surface area contributed by atoms with E-state index in [1.807, 2.05) is 36.4 Å². The molecule has 0 heterocycles. The second-order valence-corrected chi connectivity index (χ2v) is 7.58. The molecule has 1 N–H and O–H groups in total. The van der Waals surface area contributed by atoms with Gasteiger partial charge in [-0.05, 0) is 61.3 Å². The van der Waals surface area contributed by atoms with Gasteiger partial charge in [0.05, 0.1) is 14.2 Å².